The van der Waals surface area contributed by atoms with Crippen molar-refractivity contribution < 1.29 is 0 Å². The molecule has 2 heterocycles. The maximum absolute atomic E-state index is 3.48. The summed E-state index contributed by atoms with van der Waals surface area (Å²) in [6.07, 6.45) is 4.09. The maximum Gasteiger partial charge on any atom is 0.0220 e. The molecule has 1 N–H and O–H groups in total. The summed E-state index contributed by atoms with van der Waals surface area (Å²) in [5.41, 5.74) is 0. The van der Waals surface area contributed by atoms with Crippen molar-refractivity contribution in [1.29, 1.82) is 0 Å². The van der Waals surface area contributed by atoms with Gasteiger partial charge in [0, 0.05) is 18.6 Å². The van der Waals surface area contributed by atoms with E-state index in [0.29, 0.717) is 0 Å². The van der Waals surface area contributed by atoms with E-state index >= 15 is 0 Å². The van der Waals surface area contributed by atoms with Crippen molar-refractivity contribution in [2.45, 2.75) is 38.3 Å². The van der Waals surface area contributed by atoms with Crippen LogP contribution in [0.25, 0.3) is 0 Å². The molecule has 2 saturated heterocycles. The Balaban J connectivity index is 1.84. The number of likely N-dealkylation sites (tertiary alicyclic amines) is 1. The summed E-state index contributed by atoms with van der Waals surface area (Å²) in [5, 5.41) is 3.48. The third-order valence-electron chi connectivity index (χ3n) is 4.48. The van der Waals surface area contributed by atoms with Gasteiger partial charge in [0.1, 0.15) is 0 Å². The lowest BCUT2D eigenvalue weighted by molar-refractivity contribution is 0.118. The van der Waals surface area contributed by atoms with Gasteiger partial charge in [0.15, 0.2) is 0 Å². The number of hydrogen-bond acceptors (Lipinski definition) is 3. The second-order valence-corrected chi connectivity index (χ2v) is 5.75. The first-order valence-corrected chi connectivity index (χ1v) is 6.79. The van der Waals surface area contributed by atoms with Gasteiger partial charge in [0.2, 0.25) is 0 Å². The van der Waals surface area contributed by atoms with Crippen LogP contribution < -0.4 is 5.32 Å². The van der Waals surface area contributed by atoms with E-state index in [-0.39, 0.29) is 0 Å². The van der Waals surface area contributed by atoms with Crippen LogP contribution in [-0.2, 0) is 0 Å². The van der Waals surface area contributed by atoms with Crippen molar-refractivity contribution in [2.75, 3.05) is 40.3 Å². The number of likely N-dealkylation sites (N-methyl/N-ethyl adjacent to an activating group) is 2. The molecular weight excluding hydrogens is 198 g/mol. The second kappa shape index (κ2) is 5.48. The van der Waals surface area contributed by atoms with Crippen molar-refractivity contribution >= 4 is 0 Å². The van der Waals surface area contributed by atoms with Crippen LogP contribution in [0.3, 0.4) is 0 Å². The van der Waals surface area contributed by atoms with Crippen LogP contribution in [0.1, 0.15) is 26.2 Å². The SMILES string of the molecule is CC1CNCCC1N(C)CC1CCCN1C. The lowest BCUT2D eigenvalue weighted by Gasteiger charge is -2.38. The van der Waals surface area contributed by atoms with E-state index in [9.17, 15) is 0 Å². The summed E-state index contributed by atoms with van der Waals surface area (Å²) < 4.78 is 0. The molecule has 2 rings (SSSR count). The molecule has 0 aromatic heterocycles. The third-order valence-corrected chi connectivity index (χ3v) is 4.48. The quantitative estimate of drug-likeness (QED) is 0.773. The Kier molecular flexibility index (Phi) is 4.22. The predicted molar refractivity (Wildman–Crippen MR) is 68.7 cm³/mol. The monoisotopic (exact) mass is 225 g/mol. The van der Waals surface area contributed by atoms with E-state index in [4.69, 9.17) is 0 Å². The van der Waals surface area contributed by atoms with Gasteiger partial charge in [-0.25, -0.2) is 0 Å². The Bertz CT molecular complexity index is 219. The normalized spacial score (nSPS) is 37.1. The zero-order chi connectivity index (χ0) is 11.5. The van der Waals surface area contributed by atoms with Crippen LogP contribution in [-0.4, -0.2) is 62.2 Å². The fraction of sp³-hybridized carbons (Fsp3) is 1.00. The molecule has 94 valence electrons. The van der Waals surface area contributed by atoms with Gasteiger partial charge in [-0.1, -0.05) is 6.92 Å². The van der Waals surface area contributed by atoms with Gasteiger partial charge in [-0.3, -0.25) is 0 Å². The highest BCUT2D eigenvalue weighted by Crippen LogP contribution is 2.20. The highest BCUT2D eigenvalue weighted by molar-refractivity contribution is 4.86. The summed E-state index contributed by atoms with van der Waals surface area (Å²) >= 11 is 0. The molecule has 0 amide bonds. The molecule has 3 unspecified atom stereocenters. The zero-order valence-corrected chi connectivity index (χ0v) is 11.1. The Morgan fingerprint density at radius 3 is 2.81 bits per heavy atom. The summed E-state index contributed by atoms with van der Waals surface area (Å²) in [6, 6.07) is 1.59. The van der Waals surface area contributed by atoms with Crippen LogP contribution in [0.15, 0.2) is 0 Å². The van der Waals surface area contributed by atoms with Gasteiger partial charge in [-0.15, -0.1) is 0 Å². The minimum atomic E-state index is 0.787. The third kappa shape index (κ3) is 2.76. The number of rotatable bonds is 3. The number of piperidine rings is 1. The largest absolute Gasteiger partial charge is 0.316 e. The molecule has 0 bridgehead atoms. The molecule has 0 aliphatic carbocycles. The first kappa shape index (κ1) is 12.3. The summed E-state index contributed by atoms with van der Waals surface area (Å²) in [7, 11) is 4.59. The average molecular weight is 225 g/mol. The molecule has 0 radical (unpaired) electrons. The first-order chi connectivity index (χ1) is 7.68. The van der Waals surface area contributed by atoms with Gasteiger partial charge in [-0.05, 0) is 58.9 Å². The van der Waals surface area contributed by atoms with E-state index in [0.717, 1.165) is 18.0 Å². The van der Waals surface area contributed by atoms with E-state index < -0.39 is 0 Å². The Hall–Kier alpha value is -0.120. The van der Waals surface area contributed by atoms with Crippen LogP contribution in [0.5, 0.6) is 0 Å². The highest BCUT2D eigenvalue weighted by atomic mass is 15.2. The number of nitrogens with one attached hydrogen (secondary N) is 1. The lowest BCUT2D eigenvalue weighted by Crippen LogP contribution is -2.50. The molecule has 2 aliphatic rings. The van der Waals surface area contributed by atoms with Gasteiger partial charge in [0.25, 0.3) is 0 Å². The molecule has 3 atom stereocenters. The molecule has 16 heavy (non-hydrogen) atoms. The van der Waals surface area contributed by atoms with Gasteiger partial charge < -0.3 is 15.1 Å². The van der Waals surface area contributed by atoms with Crippen molar-refractivity contribution in [3.63, 3.8) is 0 Å². The molecular formula is C13H27N3. The Labute approximate surface area is 100 Å². The van der Waals surface area contributed by atoms with Crippen molar-refractivity contribution in [3.8, 4) is 0 Å². The fourth-order valence-corrected chi connectivity index (χ4v) is 3.33. The fourth-order valence-electron chi connectivity index (χ4n) is 3.33. The minimum absolute atomic E-state index is 0.787. The summed E-state index contributed by atoms with van der Waals surface area (Å²) in [6.45, 7) is 7.31. The molecule has 0 spiro atoms. The minimum Gasteiger partial charge on any atom is -0.316 e. The van der Waals surface area contributed by atoms with Crippen LogP contribution in [0.4, 0.5) is 0 Å². The van der Waals surface area contributed by atoms with Crippen LogP contribution >= 0.6 is 0 Å². The van der Waals surface area contributed by atoms with E-state index in [1.54, 1.807) is 0 Å². The predicted octanol–water partition coefficient (Wildman–Crippen LogP) is 1.01. The molecule has 2 aliphatic heterocycles. The molecule has 0 aromatic carbocycles. The first-order valence-electron chi connectivity index (χ1n) is 6.79. The van der Waals surface area contributed by atoms with E-state index in [2.05, 4.69) is 36.1 Å². The summed E-state index contributed by atoms with van der Waals surface area (Å²) in [5.74, 6) is 0.797. The highest BCUT2D eigenvalue weighted by Gasteiger charge is 2.28. The topological polar surface area (TPSA) is 18.5 Å². The molecule has 0 saturated carbocycles. The zero-order valence-electron chi connectivity index (χ0n) is 11.1. The van der Waals surface area contributed by atoms with Gasteiger partial charge in [0.05, 0.1) is 0 Å². The van der Waals surface area contributed by atoms with E-state index in [1.165, 1.54) is 45.4 Å². The molecule has 3 nitrogen and oxygen atoms in total. The number of hydrogen-bond donors (Lipinski definition) is 1. The molecule has 2 fully saturated rings. The number of nitrogens with zero attached hydrogens (tertiary/aromatic N) is 2. The molecule has 3 heteroatoms. The standard InChI is InChI=1S/C13H27N3/c1-11-9-14-7-6-13(11)16(3)10-12-5-4-8-15(12)2/h11-14H,4-10H2,1-3H3. The van der Waals surface area contributed by atoms with Crippen LogP contribution in [0.2, 0.25) is 0 Å². The molecule has 0 aromatic rings. The lowest BCUT2D eigenvalue weighted by atomic mass is 9.93. The Morgan fingerprint density at radius 2 is 2.19 bits per heavy atom. The van der Waals surface area contributed by atoms with Gasteiger partial charge in [-0.2, -0.15) is 0 Å². The van der Waals surface area contributed by atoms with Crippen molar-refractivity contribution in [3.05, 3.63) is 0 Å². The second-order valence-electron chi connectivity index (χ2n) is 5.75. The van der Waals surface area contributed by atoms with E-state index in [1.807, 2.05) is 0 Å². The van der Waals surface area contributed by atoms with Crippen molar-refractivity contribution in [2.24, 2.45) is 5.92 Å². The maximum atomic E-state index is 3.48. The van der Waals surface area contributed by atoms with Gasteiger partial charge >= 0.3 is 0 Å². The summed E-state index contributed by atoms with van der Waals surface area (Å²) in [4.78, 5) is 5.14. The Morgan fingerprint density at radius 1 is 1.38 bits per heavy atom. The smallest absolute Gasteiger partial charge is 0.0220 e. The average Bonchev–Trinajstić information content (AvgIpc) is 2.65. The van der Waals surface area contributed by atoms with Crippen molar-refractivity contribution in [1.82, 2.24) is 15.1 Å². The van der Waals surface area contributed by atoms with Crippen LogP contribution in [0, 0.1) is 5.92 Å².